The Bertz CT molecular complexity index is 1590. The van der Waals surface area contributed by atoms with Gasteiger partial charge in [-0.1, -0.05) is 60.2 Å². The van der Waals surface area contributed by atoms with Gasteiger partial charge in [0.2, 0.25) is 5.88 Å². The van der Waals surface area contributed by atoms with Crippen molar-refractivity contribution < 1.29 is 22.7 Å². The number of ether oxygens (including phenoxy) is 2. The standard InChI is InChI=1S/C31H27NO5S/c1-22-8-15-28(16-9-22)38(34,35)32(20-24-6-4-3-5-7-24)30-19-26(18-23-10-13-27(36-2)14-11-23)31-25(21-33)12-17-29(31)37-30/h3-11,13-16,18-19H,12,17,20H2,1-2H3. The molecule has 0 aromatic heterocycles. The molecule has 5 rings (SSSR count). The van der Waals surface area contributed by atoms with Crippen molar-refractivity contribution in [3.05, 3.63) is 130 Å². The first kappa shape index (κ1) is 25.3. The van der Waals surface area contributed by atoms with E-state index in [4.69, 9.17) is 9.47 Å². The molecule has 3 aromatic rings. The maximum absolute atomic E-state index is 14.0. The zero-order valence-corrected chi connectivity index (χ0v) is 22.0. The van der Waals surface area contributed by atoms with Crippen LogP contribution in [0.4, 0.5) is 0 Å². The Hall–Kier alpha value is -4.32. The highest BCUT2D eigenvalue weighted by Crippen LogP contribution is 2.43. The zero-order chi connectivity index (χ0) is 26.7. The van der Waals surface area contributed by atoms with E-state index in [1.807, 2.05) is 73.5 Å². The van der Waals surface area contributed by atoms with Crippen molar-refractivity contribution in [2.75, 3.05) is 7.11 Å². The average molecular weight is 526 g/mol. The molecule has 0 radical (unpaired) electrons. The average Bonchev–Trinajstić information content (AvgIpc) is 3.36. The van der Waals surface area contributed by atoms with Gasteiger partial charge in [0.25, 0.3) is 10.0 Å². The van der Waals surface area contributed by atoms with Crippen molar-refractivity contribution in [1.29, 1.82) is 0 Å². The van der Waals surface area contributed by atoms with E-state index in [0.717, 1.165) is 22.4 Å². The third-order valence-corrected chi connectivity index (χ3v) is 8.32. The Morgan fingerprint density at radius 3 is 2.34 bits per heavy atom. The Kier molecular flexibility index (Phi) is 7.05. The minimum absolute atomic E-state index is 0.0810. The second-order valence-corrected chi connectivity index (χ2v) is 11.0. The summed E-state index contributed by atoms with van der Waals surface area (Å²) in [4.78, 5) is 11.9. The van der Waals surface area contributed by atoms with Crippen LogP contribution in [0.3, 0.4) is 0 Å². The summed E-state index contributed by atoms with van der Waals surface area (Å²) in [6, 6.07) is 23.6. The topological polar surface area (TPSA) is 72.9 Å². The van der Waals surface area contributed by atoms with Gasteiger partial charge in [-0.3, -0.25) is 0 Å². The monoisotopic (exact) mass is 525 g/mol. The lowest BCUT2D eigenvalue weighted by Crippen LogP contribution is -2.32. The fraction of sp³-hybridized carbons (Fsp3) is 0.161. The molecular formula is C31H27NO5S. The molecule has 192 valence electrons. The van der Waals surface area contributed by atoms with Gasteiger partial charge in [0.1, 0.15) is 17.5 Å². The van der Waals surface area contributed by atoms with Crippen LogP contribution >= 0.6 is 0 Å². The normalized spacial score (nSPS) is 16.0. The van der Waals surface area contributed by atoms with Crippen molar-refractivity contribution in [2.24, 2.45) is 0 Å². The number of rotatable bonds is 7. The summed E-state index contributed by atoms with van der Waals surface area (Å²) in [5, 5.41) is 0. The van der Waals surface area contributed by atoms with E-state index in [1.165, 1.54) is 4.31 Å². The first-order chi connectivity index (χ1) is 18.4. The SMILES string of the molecule is COc1ccc(C=C2C=C(N(Cc3ccccc3)S(=O)(=O)c3ccc(C)cc3)OC3=C2C(=C=O)CC3)cc1. The van der Waals surface area contributed by atoms with Gasteiger partial charge in [-0.15, -0.1) is 0 Å². The summed E-state index contributed by atoms with van der Waals surface area (Å²) >= 11 is 0. The highest BCUT2D eigenvalue weighted by molar-refractivity contribution is 7.89. The van der Waals surface area contributed by atoms with E-state index in [1.54, 1.807) is 37.5 Å². The first-order valence-corrected chi connectivity index (χ1v) is 13.7. The highest BCUT2D eigenvalue weighted by Gasteiger charge is 2.35. The molecule has 0 amide bonds. The molecule has 0 fully saturated rings. The summed E-state index contributed by atoms with van der Waals surface area (Å²) in [6.45, 7) is 1.99. The molecule has 1 aliphatic carbocycles. The maximum atomic E-state index is 14.0. The largest absolute Gasteiger partial charge is 0.497 e. The molecule has 7 heteroatoms. The van der Waals surface area contributed by atoms with Crippen LogP contribution in [-0.4, -0.2) is 25.8 Å². The number of carbonyl (C=O) groups excluding carboxylic acids is 1. The molecular weight excluding hydrogens is 498 g/mol. The Morgan fingerprint density at radius 2 is 1.68 bits per heavy atom. The van der Waals surface area contributed by atoms with Crippen LogP contribution in [0.25, 0.3) is 6.08 Å². The molecule has 38 heavy (non-hydrogen) atoms. The van der Waals surface area contributed by atoms with Gasteiger partial charge in [-0.2, -0.15) is 0 Å². The molecule has 3 aromatic carbocycles. The number of nitrogens with zero attached hydrogens (tertiary/aromatic N) is 1. The molecule has 1 heterocycles. The first-order valence-electron chi connectivity index (χ1n) is 12.3. The van der Waals surface area contributed by atoms with Gasteiger partial charge in [-0.05, 0) is 60.4 Å². The molecule has 0 bridgehead atoms. The summed E-state index contributed by atoms with van der Waals surface area (Å²) < 4.78 is 40.8. The number of allylic oxidation sites excluding steroid dienone is 5. The van der Waals surface area contributed by atoms with E-state index in [9.17, 15) is 13.2 Å². The number of benzene rings is 3. The van der Waals surface area contributed by atoms with Crippen LogP contribution in [0.5, 0.6) is 5.75 Å². The molecule has 0 spiro atoms. The second-order valence-electron chi connectivity index (χ2n) is 9.15. The number of aryl methyl sites for hydroxylation is 1. The van der Waals surface area contributed by atoms with Crippen LogP contribution in [0.1, 0.15) is 29.5 Å². The van der Waals surface area contributed by atoms with E-state index >= 15 is 0 Å². The molecule has 0 atom stereocenters. The van der Waals surface area contributed by atoms with E-state index < -0.39 is 10.0 Å². The fourth-order valence-electron chi connectivity index (χ4n) is 4.54. The summed E-state index contributed by atoms with van der Waals surface area (Å²) in [7, 11) is -2.37. The highest BCUT2D eigenvalue weighted by atomic mass is 32.2. The van der Waals surface area contributed by atoms with Gasteiger partial charge in [0.05, 0.1) is 18.6 Å². The summed E-state index contributed by atoms with van der Waals surface area (Å²) in [6.07, 6.45) is 4.58. The maximum Gasteiger partial charge on any atom is 0.266 e. The molecule has 1 aliphatic heterocycles. The lowest BCUT2D eigenvalue weighted by molar-refractivity contribution is 0.206. The summed E-state index contributed by atoms with van der Waals surface area (Å²) in [5.41, 5.74) is 4.54. The van der Waals surface area contributed by atoms with Gasteiger partial charge >= 0.3 is 0 Å². The number of hydrogen-bond acceptors (Lipinski definition) is 5. The van der Waals surface area contributed by atoms with Crippen LogP contribution in [0, 0.1) is 6.92 Å². The van der Waals surface area contributed by atoms with Crippen LogP contribution < -0.4 is 4.74 Å². The van der Waals surface area contributed by atoms with Gasteiger partial charge in [0.15, 0.2) is 0 Å². The minimum atomic E-state index is -3.98. The lowest BCUT2D eigenvalue weighted by Gasteiger charge is -2.30. The smallest absolute Gasteiger partial charge is 0.266 e. The van der Waals surface area contributed by atoms with E-state index in [2.05, 4.69) is 0 Å². The minimum Gasteiger partial charge on any atom is -0.497 e. The Balaban J connectivity index is 1.64. The quantitative estimate of drug-likeness (QED) is 0.356. The van der Waals surface area contributed by atoms with Crippen molar-refractivity contribution in [3.63, 3.8) is 0 Å². The molecule has 0 saturated heterocycles. The number of hydrogen-bond donors (Lipinski definition) is 0. The van der Waals surface area contributed by atoms with Gasteiger partial charge in [0, 0.05) is 23.6 Å². The Labute approximate surface area is 222 Å². The molecule has 0 unspecified atom stereocenters. The third kappa shape index (κ3) is 5.07. The zero-order valence-electron chi connectivity index (χ0n) is 21.2. The lowest BCUT2D eigenvalue weighted by atomic mass is 9.97. The van der Waals surface area contributed by atoms with Crippen molar-refractivity contribution in [1.82, 2.24) is 4.31 Å². The third-order valence-electron chi connectivity index (χ3n) is 6.56. The van der Waals surface area contributed by atoms with Crippen LogP contribution in [0.2, 0.25) is 0 Å². The molecule has 2 aliphatic rings. The van der Waals surface area contributed by atoms with Gasteiger partial charge in [-0.25, -0.2) is 17.5 Å². The van der Waals surface area contributed by atoms with Crippen LogP contribution in [0.15, 0.2) is 118 Å². The Morgan fingerprint density at radius 1 is 0.974 bits per heavy atom. The molecule has 0 saturated carbocycles. The number of methoxy groups -OCH3 is 1. The van der Waals surface area contributed by atoms with E-state index in [0.29, 0.717) is 35.3 Å². The fourth-order valence-corrected chi connectivity index (χ4v) is 5.92. The predicted octanol–water partition coefficient (Wildman–Crippen LogP) is 5.96. The van der Waals surface area contributed by atoms with E-state index in [-0.39, 0.29) is 17.3 Å². The summed E-state index contributed by atoms with van der Waals surface area (Å²) in [5.74, 6) is 3.52. The predicted molar refractivity (Wildman–Crippen MR) is 146 cm³/mol. The second kappa shape index (κ2) is 10.6. The van der Waals surface area contributed by atoms with Gasteiger partial charge < -0.3 is 9.47 Å². The van der Waals surface area contributed by atoms with Crippen molar-refractivity contribution >= 4 is 22.0 Å². The van der Waals surface area contributed by atoms with Crippen LogP contribution in [-0.2, 0) is 26.1 Å². The molecule has 6 nitrogen and oxygen atoms in total. The van der Waals surface area contributed by atoms with Crippen molar-refractivity contribution in [2.45, 2.75) is 31.2 Å². The van der Waals surface area contributed by atoms with Crippen molar-refractivity contribution in [3.8, 4) is 5.75 Å². The molecule has 0 N–H and O–H groups in total. The number of sulfonamides is 1.